The highest BCUT2D eigenvalue weighted by Crippen LogP contribution is 2.27. The Morgan fingerprint density at radius 1 is 1.10 bits per heavy atom. The van der Waals surface area contributed by atoms with E-state index < -0.39 is 10.0 Å². The molecule has 0 spiro atoms. The summed E-state index contributed by atoms with van der Waals surface area (Å²) in [6.07, 6.45) is 0. The molecule has 6 heteroatoms. The number of benzene rings is 2. The maximum atomic E-state index is 12.3. The fourth-order valence-electron chi connectivity index (χ4n) is 1.78. The Bertz CT molecular complexity index is 760. The Balaban J connectivity index is 2.38. The molecule has 106 valence electrons. The number of halogens is 2. The van der Waals surface area contributed by atoms with Crippen LogP contribution < -0.4 is 4.72 Å². The Kier molecular flexibility index (Phi) is 4.42. The summed E-state index contributed by atoms with van der Waals surface area (Å²) in [5.41, 5.74) is 2.53. The van der Waals surface area contributed by atoms with Gasteiger partial charge in [-0.05, 0) is 59.6 Å². The third kappa shape index (κ3) is 3.34. The quantitative estimate of drug-likeness (QED) is 0.858. The van der Waals surface area contributed by atoms with Gasteiger partial charge in [-0.2, -0.15) is 0 Å². The number of hydrogen-bond acceptors (Lipinski definition) is 2. The van der Waals surface area contributed by atoms with Crippen molar-refractivity contribution in [1.82, 2.24) is 0 Å². The molecule has 2 aromatic rings. The first kappa shape index (κ1) is 15.4. The van der Waals surface area contributed by atoms with Gasteiger partial charge >= 0.3 is 0 Å². The van der Waals surface area contributed by atoms with Gasteiger partial charge in [-0.15, -0.1) is 0 Å². The van der Waals surface area contributed by atoms with Gasteiger partial charge in [-0.25, -0.2) is 8.42 Å². The van der Waals surface area contributed by atoms with Gasteiger partial charge < -0.3 is 0 Å². The molecule has 20 heavy (non-hydrogen) atoms. The predicted octanol–water partition coefficient (Wildman–Crippen LogP) is 4.52. The zero-order valence-electron chi connectivity index (χ0n) is 10.9. The summed E-state index contributed by atoms with van der Waals surface area (Å²) < 4.78 is 27.8. The molecule has 0 aliphatic heterocycles. The smallest absolute Gasteiger partial charge is 0.261 e. The van der Waals surface area contributed by atoms with Crippen LogP contribution in [0.5, 0.6) is 0 Å². The molecule has 0 amide bonds. The topological polar surface area (TPSA) is 46.2 Å². The van der Waals surface area contributed by atoms with Crippen LogP contribution in [0.2, 0.25) is 5.02 Å². The zero-order chi connectivity index (χ0) is 14.9. The number of sulfonamides is 1. The minimum atomic E-state index is -3.63. The Labute approximate surface area is 132 Å². The number of aryl methyl sites for hydroxylation is 2. The lowest BCUT2D eigenvalue weighted by molar-refractivity contribution is 0.601. The van der Waals surface area contributed by atoms with Crippen LogP contribution >= 0.6 is 27.5 Å². The van der Waals surface area contributed by atoms with E-state index in [1.54, 1.807) is 12.1 Å². The molecule has 0 saturated heterocycles. The minimum Gasteiger partial charge on any atom is -0.279 e. The molecule has 1 N–H and O–H groups in total. The summed E-state index contributed by atoms with van der Waals surface area (Å²) >= 11 is 9.10. The van der Waals surface area contributed by atoms with E-state index in [9.17, 15) is 8.42 Å². The first-order chi connectivity index (χ1) is 9.29. The highest BCUT2D eigenvalue weighted by atomic mass is 79.9. The van der Waals surface area contributed by atoms with Crippen molar-refractivity contribution in [2.45, 2.75) is 18.7 Å². The zero-order valence-corrected chi connectivity index (χ0v) is 14.1. The molecule has 3 nitrogen and oxygen atoms in total. The second kappa shape index (κ2) is 5.76. The molecule has 0 saturated carbocycles. The molecule has 0 aliphatic carbocycles. The summed E-state index contributed by atoms with van der Waals surface area (Å²) in [4.78, 5) is 0.161. The molecule has 0 heterocycles. The van der Waals surface area contributed by atoms with Crippen molar-refractivity contribution in [3.05, 3.63) is 57.0 Å². The second-order valence-electron chi connectivity index (χ2n) is 4.50. The van der Waals surface area contributed by atoms with Crippen LogP contribution in [0.1, 0.15) is 11.1 Å². The second-order valence-corrected chi connectivity index (χ2v) is 7.44. The van der Waals surface area contributed by atoms with Crippen LogP contribution in [0.15, 0.2) is 45.8 Å². The van der Waals surface area contributed by atoms with Gasteiger partial charge in [0, 0.05) is 4.47 Å². The molecular formula is C14H13BrClNO2S. The molecular weight excluding hydrogens is 362 g/mol. The van der Waals surface area contributed by atoms with Gasteiger partial charge in [0.05, 0.1) is 15.6 Å². The summed E-state index contributed by atoms with van der Waals surface area (Å²) in [5, 5.41) is 0.468. The lowest BCUT2D eigenvalue weighted by atomic mass is 10.1. The van der Waals surface area contributed by atoms with Gasteiger partial charge in [0.1, 0.15) is 0 Å². The van der Waals surface area contributed by atoms with E-state index in [2.05, 4.69) is 20.7 Å². The van der Waals surface area contributed by atoms with Crippen molar-refractivity contribution in [1.29, 1.82) is 0 Å². The maximum absolute atomic E-state index is 12.3. The van der Waals surface area contributed by atoms with E-state index in [1.165, 1.54) is 12.1 Å². The molecule has 2 aromatic carbocycles. The highest BCUT2D eigenvalue weighted by molar-refractivity contribution is 9.10. The van der Waals surface area contributed by atoms with E-state index in [1.807, 2.05) is 26.0 Å². The highest BCUT2D eigenvalue weighted by Gasteiger charge is 2.16. The van der Waals surface area contributed by atoms with Crippen molar-refractivity contribution in [3.63, 3.8) is 0 Å². The Morgan fingerprint density at radius 3 is 2.40 bits per heavy atom. The van der Waals surface area contributed by atoms with Crippen molar-refractivity contribution in [3.8, 4) is 0 Å². The first-order valence-corrected chi connectivity index (χ1v) is 8.50. The summed E-state index contributed by atoms with van der Waals surface area (Å²) in [7, 11) is -3.63. The van der Waals surface area contributed by atoms with Crippen molar-refractivity contribution < 1.29 is 8.42 Å². The molecule has 0 bridgehead atoms. The van der Waals surface area contributed by atoms with Crippen LogP contribution in [-0.2, 0) is 10.0 Å². The standard InChI is InChI=1S/C14H13BrClNO2S/c1-9-3-6-14(10(2)7-9)17-20(18,19)11-4-5-13(16)12(15)8-11/h3-8,17H,1-2H3. The largest absolute Gasteiger partial charge is 0.279 e. The van der Waals surface area contributed by atoms with Crippen molar-refractivity contribution in [2.75, 3.05) is 4.72 Å². The maximum Gasteiger partial charge on any atom is 0.261 e. The van der Waals surface area contributed by atoms with Gasteiger partial charge in [0.15, 0.2) is 0 Å². The van der Waals surface area contributed by atoms with Crippen LogP contribution in [0.3, 0.4) is 0 Å². The van der Waals surface area contributed by atoms with Gasteiger partial charge in [0.2, 0.25) is 0 Å². The Hall–Kier alpha value is -1.04. The van der Waals surface area contributed by atoms with E-state index in [4.69, 9.17) is 11.6 Å². The lowest BCUT2D eigenvalue weighted by Gasteiger charge is -2.11. The van der Waals surface area contributed by atoms with Crippen LogP contribution in [-0.4, -0.2) is 8.42 Å². The van der Waals surface area contributed by atoms with Crippen molar-refractivity contribution in [2.24, 2.45) is 0 Å². The molecule has 0 radical (unpaired) electrons. The van der Waals surface area contributed by atoms with E-state index in [0.29, 0.717) is 15.2 Å². The third-order valence-electron chi connectivity index (χ3n) is 2.83. The molecule has 0 unspecified atom stereocenters. The SMILES string of the molecule is Cc1ccc(NS(=O)(=O)c2ccc(Cl)c(Br)c2)c(C)c1. The van der Waals surface area contributed by atoms with E-state index >= 15 is 0 Å². The number of nitrogens with one attached hydrogen (secondary N) is 1. The van der Waals surface area contributed by atoms with Crippen LogP contribution in [0, 0.1) is 13.8 Å². The van der Waals surface area contributed by atoms with E-state index in [-0.39, 0.29) is 4.90 Å². The fourth-order valence-corrected chi connectivity index (χ4v) is 3.58. The summed E-state index contributed by atoms with van der Waals surface area (Å²) in [5.74, 6) is 0. The van der Waals surface area contributed by atoms with Gasteiger partial charge in [-0.3, -0.25) is 4.72 Å². The summed E-state index contributed by atoms with van der Waals surface area (Å²) in [6, 6.07) is 10.0. The Morgan fingerprint density at radius 2 is 1.80 bits per heavy atom. The van der Waals surface area contributed by atoms with Crippen LogP contribution in [0.25, 0.3) is 0 Å². The molecule has 0 aromatic heterocycles. The van der Waals surface area contributed by atoms with E-state index in [0.717, 1.165) is 11.1 Å². The number of rotatable bonds is 3. The average Bonchev–Trinajstić information content (AvgIpc) is 2.36. The first-order valence-electron chi connectivity index (χ1n) is 5.85. The van der Waals surface area contributed by atoms with Gasteiger partial charge in [0.25, 0.3) is 10.0 Å². The lowest BCUT2D eigenvalue weighted by Crippen LogP contribution is -2.13. The molecule has 0 fully saturated rings. The summed E-state index contributed by atoms with van der Waals surface area (Å²) in [6.45, 7) is 3.82. The predicted molar refractivity (Wildman–Crippen MR) is 85.9 cm³/mol. The fraction of sp³-hybridized carbons (Fsp3) is 0.143. The molecule has 0 atom stereocenters. The number of hydrogen-bond donors (Lipinski definition) is 1. The minimum absolute atomic E-state index is 0.161. The van der Waals surface area contributed by atoms with Crippen molar-refractivity contribution >= 4 is 43.2 Å². The van der Waals surface area contributed by atoms with Crippen LogP contribution in [0.4, 0.5) is 5.69 Å². The van der Waals surface area contributed by atoms with Gasteiger partial charge in [-0.1, -0.05) is 29.3 Å². The average molecular weight is 375 g/mol. The monoisotopic (exact) mass is 373 g/mol. The third-order valence-corrected chi connectivity index (χ3v) is 5.40. The normalized spacial score (nSPS) is 11.4. The molecule has 0 aliphatic rings. The number of anilines is 1. The molecule has 2 rings (SSSR count).